The lowest BCUT2D eigenvalue weighted by Gasteiger charge is -2.17. The summed E-state index contributed by atoms with van der Waals surface area (Å²) >= 11 is 3.96. The first-order chi connectivity index (χ1) is 6.74. The Hall–Kier alpha value is -0.220. The number of carbonyl (C=O) groups is 1. The Bertz CT molecular complexity index is 150. The van der Waals surface area contributed by atoms with E-state index in [-0.39, 0.29) is 12.3 Å². The zero-order valence-electron chi connectivity index (χ0n) is 8.99. The highest BCUT2D eigenvalue weighted by atomic mass is 32.1. The minimum absolute atomic E-state index is 0.227. The highest BCUT2D eigenvalue weighted by Gasteiger charge is 2.12. The zero-order valence-corrected chi connectivity index (χ0v) is 9.89. The first kappa shape index (κ1) is 13.8. The summed E-state index contributed by atoms with van der Waals surface area (Å²) in [6.45, 7) is 4.70. The van der Waals surface area contributed by atoms with Crippen molar-refractivity contribution in [1.82, 2.24) is 0 Å². The van der Waals surface area contributed by atoms with E-state index in [0.29, 0.717) is 18.8 Å². The van der Waals surface area contributed by atoms with Crippen LogP contribution in [-0.2, 0) is 14.3 Å². The SMILES string of the molecule is CCCOC(CCC)OC(=O)CCS. The standard InChI is InChI=1S/C10H20O3S/c1-3-5-10(12-7-4-2)13-9(11)6-8-14/h10,14H,3-8H2,1-2H3. The molecule has 3 nitrogen and oxygen atoms in total. The summed E-state index contributed by atoms with van der Waals surface area (Å²) in [6.07, 6.45) is 2.62. The van der Waals surface area contributed by atoms with E-state index in [1.807, 2.05) is 13.8 Å². The van der Waals surface area contributed by atoms with E-state index in [0.717, 1.165) is 19.3 Å². The summed E-state index contributed by atoms with van der Waals surface area (Å²) in [6, 6.07) is 0. The summed E-state index contributed by atoms with van der Waals surface area (Å²) in [4.78, 5) is 11.1. The minimum Gasteiger partial charge on any atom is -0.436 e. The quantitative estimate of drug-likeness (QED) is 0.387. The summed E-state index contributed by atoms with van der Waals surface area (Å²) in [5.41, 5.74) is 0. The lowest BCUT2D eigenvalue weighted by atomic mass is 10.3. The fourth-order valence-electron chi connectivity index (χ4n) is 0.958. The largest absolute Gasteiger partial charge is 0.436 e. The van der Waals surface area contributed by atoms with Crippen molar-refractivity contribution in [2.24, 2.45) is 0 Å². The molecule has 0 saturated carbocycles. The van der Waals surface area contributed by atoms with Gasteiger partial charge >= 0.3 is 5.97 Å². The Morgan fingerprint density at radius 1 is 1.36 bits per heavy atom. The molecule has 0 aromatic heterocycles. The lowest BCUT2D eigenvalue weighted by Crippen LogP contribution is -2.22. The van der Waals surface area contributed by atoms with Crippen LogP contribution in [0.15, 0.2) is 0 Å². The number of rotatable bonds is 8. The first-order valence-electron chi connectivity index (χ1n) is 5.16. The van der Waals surface area contributed by atoms with Gasteiger partial charge in [-0.15, -0.1) is 0 Å². The molecule has 0 rings (SSSR count). The highest BCUT2D eigenvalue weighted by Crippen LogP contribution is 2.06. The van der Waals surface area contributed by atoms with Crippen molar-refractivity contribution in [2.75, 3.05) is 12.4 Å². The molecule has 1 atom stereocenters. The highest BCUT2D eigenvalue weighted by molar-refractivity contribution is 7.80. The Morgan fingerprint density at radius 3 is 2.57 bits per heavy atom. The van der Waals surface area contributed by atoms with Gasteiger partial charge in [-0.1, -0.05) is 20.3 Å². The van der Waals surface area contributed by atoms with E-state index in [1.165, 1.54) is 0 Å². The molecule has 0 fully saturated rings. The van der Waals surface area contributed by atoms with Crippen LogP contribution in [0.3, 0.4) is 0 Å². The monoisotopic (exact) mass is 220 g/mol. The van der Waals surface area contributed by atoms with Gasteiger partial charge in [-0.25, -0.2) is 0 Å². The van der Waals surface area contributed by atoms with E-state index in [2.05, 4.69) is 12.6 Å². The van der Waals surface area contributed by atoms with E-state index >= 15 is 0 Å². The summed E-state index contributed by atoms with van der Waals surface area (Å²) < 4.78 is 10.5. The van der Waals surface area contributed by atoms with Crippen LogP contribution in [0, 0.1) is 0 Å². The molecule has 0 aliphatic carbocycles. The second kappa shape index (κ2) is 9.34. The molecule has 0 heterocycles. The molecule has 0 aliphatic rings. The Labute approximate surface area is 91.6 Å². The third kappa shape index (κ3) is 7.21. The predicted molar refractivity (Wildman–Crippen MR) is 59.5 cm³/mol. The number of hydrogen-bond donors (Lipinski definition) is 1. The Morgan fingerprint density at radius 2 is 2.07 bits per heavy atom. The van der Waals surface area contributed by atoms with Crippen LogP contribution < -0.4 is 0 Å². The third-order valence-corrected chi connectivity index (χ3v) is 1.83. The maximum Gasteiger partial charge on any atom is 0.308 e. The van der Waals surface area contributed by atoms with E-state index in [9.17, 15) is 4.79 Å². The maximum atomic E-state index is 11.1. The molecule has 0 aromatic carbocycles. The third-order valence-electron chi connectivity index (χ3n) is 1.61. The van der Waals surface area contributed by atoms with Crippen LogP contribution in [0.5, 0.6) is 0 Å². The fraction of sp³-hybridized carbons (Fsp3) is 0.900. The van der Waals surface area contributed by atoms with Crippen LogP contribution in [0.1, 0.15) is 39.5 Å². The van der Waals surface area contributed by atoms with Crippen LogP contribution >= 0.6 is 12.6 Å². The average Bonchev–Trinajstić information content (AvgIpc) is 2.15. The second-order valence-electron chi connectivity index (χ2n) is 3.05. The van der Waals surface area contributed by atoms with Crippen molar-refractivity contribution in [1.29, 1.82) is 0 Å². The molecule has 0 aliphatic heterocycles. The van der Waals surface area contributed by atoms with Gasteiger partial charge < -0.3 is 9.47 Å². The Kier molecular flexibility index (Phi) is 9.19. The molecule has 84 valence electrons. The fourth-order valence-corrected chi connectivity index (χ4v) is 1.14. The van der Waals surface area contributed by atoms with E-state index in [4.69, 9.17) is 9.47 Å². The molecule has 14 heavy (non-hydrogen) atoms. The molecule has 4 heteroatoms. The molecular weight excluding hydrogens is 200 g/mol. The second-order valence-corrected chi connectivity index (χ2v) is 3.50. The van der Waals surface area contributed by atoms with Crippen LogP contribution in [-0.4, -0.2) is 24.6 Å². The van der Waals surface area contributed by atoms with Gasteiger partial charge in [-0.05, 0) is 6.42 Å². The van der Waals surface area contributed by atoms with Gasteiger partial charge in [0.15, 0.2) is 0 Å². The van der Waals surface area contributed by atoms with Crippen molar-refractivity contribution < 1.29 is 14.3 Å². The number of thiol groups is 1. The molecule has 0 saturated heterocycles. The van der Waals surface area contributed by atoms with Crippen molar-refractivity contribution in [3.8, 4) is 0 Å². The lowest BCUT2D eigenvalue weighted by molar-refractivity contribution is -0.179. The molecule has 0 amide bonds. The van der Waals surface area contributed by atoms with Gasteiger partial charge in [0.25, 0.3) is 0 Å². The molecule has 0 spiro atoms. The van der Waals surface area contributed by atoms with Crippen molar-refractivity contribution in [3.63, 3.8) is 0 Å². The smallest absolute Gasteiger partial charge is 0.308 e. The predicted octanol–water partition coefficient (Wildman–Crippen LogP) is 2.40. The zero-order chi connectivity index (χ0) is 10.8. The summed E-state index contributed by atoms with van der Waals surface area (Å²) in [5.74, 6) is 0.292. The van der Waals surface area contributed by atoms with Gasteiger partial charge in [0.1, 0.15) is 0 Å². The van der Waals surface area contributed by atoms with E-state index < -0.39 is 0 Å². The first-order valence-corrected chi connectivity index (χ1v) is 5.79. The van der Waals surface area contributed by atoms with Crippen LogP contribution in [0.4, 0.5) is 0 Å². The average molecular weight is 220 g/mol. The molecule has 1 unspecified atom stereocenters. The molecule has 0 bridgehead atoms. The van der Waals surface area contributed by atoms with Gasteiger partial charge in [0, 0.05) is 12.2 Å². The van der Waals surface area contributed by atoms with Crippen molar-refractivity contribution >= 4 is 18.6 Å². The topological polar surface area (TPSA) is 35.5 Å². The summed E-state index contributed by atoms with van der Waals surface area (Å²) in [5, 5.41) is 0. The van der Waals surface area contributed by atoms with Crippen molar-refractivity contribution in [2.45, 2.75) is 45.8 Å². The number of carbonyl (C=O) groups excluding carboxylic acids is 1. The van der Waals surface area contributed by atoms with Crippen molar-refractivity contribution in [3.05, 3.63) is 0 Å². The minimum atomic E-state index is -0.368. The molecule has 0 N–H and O–H groups in total. The molecule has 0 radical (unpaired) electrons. The molecular formula is C10H20O3S. The van der Waals surface area contributed by atoms with E-state index in [1.54, 1.807) is 0 Å². The number of hydrogen-bond acceptors (Lipinski definition) is 4. The van der Waals surface area contributed by atoms with Gasteiger partial charge in [-0.2, -0.15) is 12.6 Å². The Balaban J connectivity index is 3.75. The molecule has 0 aromatic rings. The number of esters is 1. The number of ether oxygens (including phenoxy) is 2. The maximum absolute atomic E-state index is 11.1. The van der Waals surface area contributed by atoms with Gasteiger partial charge in [0.05, 0.1) is 13.0 Å². The van der Waals surface area contributed by atoms with Gasteiger partial charge in [-0.3, -0.25) is 4.79 Å². The van der Waals surface area contributed by atoms with Gasteiger partial charge in [0.2, 0.25) is 6.29 Å². The van der Waals surface area contributed by atoms with Crippen LogP contribution in [0.2, 0.25) is 0 Å². The van der Waals surface area contributed by atoms with Crippen LogP contribution in [0.25, 0.3) is 0 Å². The normalized spacial score (nSPS) is 12.5. The summed E-state index contributed by atoms with van der Waals surface area (Å²) in [7, 11) is 0.